The quantitative estimate of drug-likeness (QED) is 0.180. The summed E-state index contributed by atoms with van der Waals surface area (Å²) in [4.78, 5) is 41.2. The number of hydrogen-bond acceptors (Lipinski definition) is 4. The number of imide groups is 1. The number of hydrogen-bond donors (Lipinski definition) is 1. The molecule has 1 aliphatic heterocycles. The predicted molar refractivity (Wildman–Crippen MR) is 170 cm³/mol. The fourth-order valence-corrected chi connectivity index (χ4v) is 8.40. The van der Waals surface area contributed by atoms with Crippen LogP contribution in [-0.2, 0) is 24.1 Å². The number of benzene rings is 4. The highest BCUT2D eigenvalue weighted by Crippen LogP contribution is 2.69. The minimum absolute atomic E-state index is 0.383. The second-order valence-electron chi connectivity index (χ2n) is 12.1. The Bertz CT molecular complexity index is 1710. The molecule has 0 aromatic heterocycles. The molecule has 44 heavy (non-hydrogen) atoms. The van der Waals surface area contributed by atoms with Crippen LogP contribution < -0.4 is 10.1 Å². The molecule has 3 aliphatic carbocycles. The van der Waals surface area contributed by atoms with Crippen molar-refractivity contribution in [1.82, 2.24) is 4.90 Å². The molecular formula is C36H30Cl2N2O4. The molecule has 1 fully saturated rings. The van der Waals surface area contributed by atoms with E-state index in [1.807, 2.05) is 93.6 Å². The van der Waals surface area contributed by atoms with Gasteiger partial charge in [-0.05, 0) is 71.0 Å². The average Bonchev–Trinajstić information content (AvgIpc) is 3.28. The summed E-state index contributed by atoms with van der Waals surface area (Å²) in [7, 11) is 0. The molecule has 8 heteroatoms. The fourth-order valence-electron chi connectivity index (χ4n) is 7.30. The Hall–Kier alpha value is -4.13. The Balaban J connectivity index is 1.21. The largest absolute Gasteiger partial charge is 0.457 e. The Morgan fingerprint density at radius 3 is 1.66 bits per heavy atom. The summed E-state index contributed by atoms with van der Waals surface area (Å²) < 4.78 is 5.98. The van der Waals surface area contributed by atoms with E-state index < -0.39 is 45.3 Å². The maximum atomic E-state index is 14.4. The number of rotatable bonds is 6. The number of carbonyl (C=O) groups excluding carboxylic acids is 3. The van der Waals surface area contributed by atoms with Gasteiger partial charge in [-0.1, -0.05) is 80.6 Å². The Morgan fingerprint density at radius 1 is 0.750 bits per heavy atom. The van der Waals surface area contributed by atoms with Crippen molar-refractivity contribution < 1.29 is 19.1 Å². The topological polar surface area (TPSA) is 75.7 Å². The summed E-state index contributed by atoms with van der Waals surface area (Å²) in [6, 6.07) is 28.6. The lowest BCUT2D eigenvalue weighted by atomic mass is 9.54. The van der Waals surface area contributed by atoms with E-state index in [1.54, 1.807) is 24.3 Å². The molecule has 0 radical (unpaired) electrons. The summed E-state index contributed by atoms with van der Waals surface area (Å²) in [5, 5.41) is 2.91. The summed E-state index contributed by atoms with van der Waals surface area (Å²) >= 11 is 15.1. The number of carbonyl (C=O) groups is 3. The van der Waals surface area contributed by atoms with E-state index in [0.29, 0.717) is 11.4 Å². The molecule has 0 unspecified atom stereocenters. The summed E-state index contributed by atoms with van der Waals surface area (Å²) in [5.41, 5.74) is 4.40. The molecule has 1 heterocycles. The molecule has 1 saturated heterocycles. The van der Waals surface area contributed by atoms with Crippen LogP contribution in [0, 0.1) is 24.7 Å². The van der Waals surface area contributed by atoms with Crippen molar-refractivity contribution in [2.45, 2.75) is 36.6 Å². The number of likely N-dealkylation sites (tertiary alicyclic amines) is 1. The van der Waals surface area contributed by atoms with Gasteiger partial charge in [0.1, 0.15) is 27.3 Å². The van der Waals surface area contributed by atoms with E-state index in [0.717, 1.165) is 38.5 Å². The maximum absolute atomic E-state index is 14.4. The average molecular weight is 626 g/mol. The summed E-state index contributed by atoms with van der Waals surface area (Å²) in [5.74, 6) is -2.41. The first-order valence-electron chi connectivity index (χ1n) is 14.7. The summed E-state index contributed by atoms with van der Waals surface area (Å²) in [6.45, 7) is 5.60. The van der Waals surface area contributed by atoms with Crippen molar-refractivity contribution >= 4 is 46.6 Å². The number of nitrogens with zero attached hydrogens (tertiary/aromatic N) is 1. The number of alkyl halides is 2. The zero-order valence-corrected chi connectivity index (χ0v) is 25.9. The van der Waals surface area contributed by atoms with Crippen LogP contribution in [0.15, 0.2) is 97.1 Å². The zero-order valence-electron chi connectivity index (χ0n) is 24.4. The van der Waals surface area contributed by atoms with Gasteiger partial charge in [0.05, 0.1) is 11.8 Å². The zero-order chi connectivity index (χ0) is 31.0. The van der Waals surface area contributed by atoms with Crippen molar-refractivity contribution in [3.63, 3.8) is 0 Å². The van der Waals surface area contributed by atoms with Crippen molar-refractivity contribution in [2.24, 2.45) is 17.8 Å². The van der Waals surface area contributed by atoms with Crippen LogP contribution in [0.1, 0.15) is 41.7 Å². The SMILES string of the molecule is Cc1ccccc1Oc1ccc(NC(=O)[C@H](C(C)C)N2C(=O)[C@@H]3[C@@H](C2=O)C2(Cl)c4ccccc4C3(Cl)c3ccccc32)cc1. The minimum Gasteiger partial charge on any atom is -0.457 e. The molecule has 3 atom stereocenters. The first kappa shape index (κ1) is 28.6. The fraction of sp³-hybridized carbons (Fsp3) is 0.250. The lowest BCUT2D eigenvalue weighted by Crippen LogP contribution is -2.57. The number of aryl methyl sites for hydroxylation is 1. The van der Waals surface area contributed by atoms with Crippen LogP contribution >= 0.6 is 23.2 Å². The van der Waals surface area contributed by atoms with Gasteiger partial charge in [0.2, 0.25) is 17.7 Å². The maximum Gasteiger partial charge on any atom is 0.247 e. The van der Waals surface area contributed by atoms with Crippen molar-refractivity contribution in [3.05, 3.63) is 125 Å². The second-order valence-corrected chi connectivity index (χ2v) is 13.3. The van der Waals surface area contributed by atoms with E-state index in [4.69, 9.17) is 27.9 Å². The van der Waals surface area contributed by atoms with Gasteiger partial charge in [-0.15, -0.1) is 23.2 Å². The molecule has 0 saturated carbocycles. The highest BCUT2D eigenvalue weighted by molar-refractivity contribution is 6.36. The van der Waals surface area contributed by atoms with Crippen LogP contribution in [0.4, 0.5) is 5.69 Å². The number of ether oxygens (including phenoxy) is 1. The van der Waals surface area contributed by atoms with E-state index in [2.05, 4.69) is 5.32 Å². The minimum atomic E-state index is -1.30. The third-order valence-corrected chi connectivity index (χ3v) is 10.5. The van der Waals surface area contributed by atoms with Gasteiger partial charge in [0, 0.05) is 5.69 Å². The van der Waals surface area contributed by atoms with Crippen LogP contribution in [-0.4, -0.2) is 28.7 Å². The van der Waals surface area contributed by atoms with Crippen LogP contribution in [0.25, 0.3) is 0 Å². The van der Waals surface area contributed by atoms with Gasteiger partial charge >= 0.3 is 0 Å². The lowest BCUT2D eigenvalue weighted by Gasteiger charge is -2.54. The van der Waals surface area contributed by atoms with E-state index >= 15 is 0 Å². The second kappa shape index (κ2) is 10.2. The first-order valence-corrected chi connectivity index (χ1v) is 15.4. The molecule has 4 aromatic carbocycles. The van der Waals surface area contributed by atoms with E-state index in [-0.39, 0.29) is 5.92 Å². The molecule has 4 aromatic rings. The number of nitrogens with one attached hydrogen (secondary N) is 1. The highest BCUT2D eigenvalue weighted by Gasteiger charge is 2.73. The first-order chi connectivity index (χ1) is 21.1. The molecule has 4 aliphatic rings. The van der Waals surface area contributed by atoms with Crippen LogP contribution in [0.3, 0.4) is 0 Å². The van der Waals surface area contributed by atoms with Crippen molar-refractivity contribution in [1.29, 1.82) is 0 Å². The van der Waals surface area contributed by atoms with Crippen molar-refractivity contribution in [2.75, 3.05) is 5.32 Å². The van der Waals surface area contributed by atoms with Gasteiger partial charge < -0.3 is 10.1 Å². The normalized spacial score (nSPS) is 25.4. The highest BCUT2D eigenvalue weighted by atomic mass is 35.5. The molecule has 0 spiro atoms. The molecular weight excluding hydrogens is 595 g/mol. The number of para-hydroxylation sites is 1. The molecule has 8 rings (SSSR count). The predicted octanol–water partition coefficient (Wildman–Crippen LogP) is 7.34. The molecule has 222 valence electrons. The number of halogens is 2. The van der Waals surface area contributed by atoms with Crippen molar-refractivity contribution in [3.8, 4) is 11.5 Å². The standard InChI is InChI=1S/C36H30Cl2N2O4/c1-20(2)31(32(41)39-22-16-18-23(19-17-22)44-28-15-9-4-10-21(28)3)40-33(42)29-30(34(40)43)36(38)25-12-6-5-11-24(25)35(29,37)26-13-7-8-14-27(26)36/h4-20,29-31H,1-3H3,(H,39,41)/t29-,30-,31-,35?,36?/m0/s1. The number of amides is 3. The van der Waals surface area contributed by atoms with Gasteiger partial charge in [-0.25, -0.2) is 0 Å². The Morgan fingerprint density at radius 2 is 1.20 bits per heavy atom. The van der Waals surface area contributed by atoms with Gasteiger partial charge in [0.25, 0.3) is 0 Å². The number of anilines is 1. The molecule has 6 nitrogen and oxygen atoms in total. The van der Waals surface area contributed by atoms with E-state index in [9.17, 15) is 14.4 Å². The Labute approximate surface area is 265 Å². The van der Waals surface area contributed by atoms with Crippen LogP contribution in [0.2, 0.25) is 0 Å². The Kier molecular flexibility index (Phi) is 6.65. The van der Waals surface area contributed by atoms with Gasteiger partial charge in [0.15, 0.2) is 0 Å². The third-order valence-electron chi connectivity index (χ3n) is 9.24. The smallest absolute Gasteiger partial charge is 0.247 e. The van der Waals surface area contributed by atoms with Gasteiger partial charge in [-0.3, -0.25) is 19.3 Å². The van der Waals surface area contributed by atoms with E-state index in [1.165, 1.54) is 0 Å². The van der Waals surface area contributed by atoms with Gasteiger partial charge in [-0.2, -0.15) is 0 Å². The lowest BCUT2D eigenvalue weighted by molar-refractivity contribution is -0.148. The molecule has 3 amide bonds. The third kappa shape index (κ3) is 3.90. The van der Waals surface area contributed by atoms with Crippen LogP contribution in [0.5, 0.6) is 11.5 Å². The molecule has 2 bridgehead atoms. The molecule has 1 N–H and O–H groups in total. The summed E-state index contributed by atoms with van der Waals surface area (Å²) in [6.07, 6.45) is 0. The monoisotopic (exact) mass is 624 g/mol.